The maximum absolute atomic E-state index is 14.2. The molecule has 0 unspecified atom stereocenters. The van der Waals surface area contributed by atoms with Crippen LogP contribution in [0.4, 0.5) is 10.1 Å². The summed E-state index contributed by atoms with van der Waals surface area (Å²) in [7, 11) is -8.08. The lowest BCUT2D eigenvalue weighted by molar-refractivity contribution is -0.140. The first-order valence-electron chi connectivity index (χ1n) is 7.44. The highest BCUT2D eigenvalue weighted by molar-refractivity contribution is 7.92. The lowest BCUT2D eigenvalue weighted by Gasteiger charge is -2.18. The molecule has 1 rings (SSSR count). The van der Waals surface area contributed by atoms with Crippen LogP contribution >= 0.6 is 0 Å². The molecule has 0 aliphatic carbocycles. The van der Waals surface area contributed by atoms with E-state index in [2.05, 4.69) is 4.72 Å². The van der Waals surface area contributed by atoms with Crippen LogP contribution in [-0.4, -0.2) is 39.7 Å². The van der Waals surface area contributed by atoms with Gasteiger partial charge < -0.3 is 5.11 Å². The van der Waals surface area contributed by atoms with Gasteiger partial charge in [-0.15, -0.1) is 0 Å². The molecule has 25 heavy (non-hydrogen) atoms. The molecule has 3 N–H and O–H groups in total. The Labute approximate surface area is 146 Å². The van der Waals surface area contributed by atoms with E-state index in [1.165, 1.54) is 13.8 Å². The van der Waals surface area contributed by atoms with E-state index in [1.54, 1.807) is 6.92 Å². The summed E-state index contributed by atoms with van der Waals surface area (Å²) in [6.45, 7) is 4.67. The Hall–Kier alpha value is -1.72. The molecule has 0 aliphatic rings. The van der Waals surface area contributed by atoms with Crippen molar-refractivity contribution in [1.82, 2.24) is 4.72 Å². The van der Waals surface area contributed by atoms with Crippen LogP contribution in [0, 0.1) is 11.7 Å². The van der Waals surface area contributed by atoms with Crippen molar-refractivity contribution in [1.29, 1.82) is 0 Å². The second-order valence-corrected chi connectivity index (χ2v) is 9.27. The summed E-state index contributed by atoms with van der Waals surface area (Å²) < 4.78 is 66.0. The molecule has 11 heteroatoms. The Balaban J connectivity index is 3.12. The van der Waals surface area contributed by atoms with Crippen LogP contribution in [0.5, 0.6) is 0 Å². The van der Waals surface area contributed by atoms with Crippen molar-refractivity contribution in [3.8, 4) is 0 Å². The van der Waals surface area contributed by atoms with Crippen molar-refractivity contribution in [2.24, 2.45) is 5.92 Å². The minimum absolute atomic E-state index is 0.122. The number of hydrogen-bond donors (Lipinski definition) is 3. The van der Waals surface area contributed by atoms with Crippen LogP contribution in [0.2, 0.25) is 0 Å². The van der Waals surface area contributed by atoms with Crippen molar-refractivity contribution in [2.75, 3.05) is 10.5 Å². The molecule has 1 aromatic rings. The molecule has 1 aromatic carbocycles. The zero-order valence-corrected chi connectivity index (χ0v) is 15.6. The summed E-state index contributed by atoms with van der Waals surface area (Å²) in [5.41, 5.74) is -0.122. The summed E-state index contributed by atoms with van der Waals surface area (Å²) in [5, 5.41) is 9.05. The highest BCUT2D eigenvalue weighted by Gasteiger charge is 2.29. The van der Waals surface area contributed by atoms with Crippen LogP contribution < -0.4 is 9.44 Å². The fourth-order valence-corrected chi connectivity index (χ4v) is 4.51. The maximum Gasteiger partial charge on any atom is 0.322 e. The van der Waals surface area contributed by atoms with Gasteiger partial charge in [0.25, 0.3) is 0 Å². The molecule has 0 radical (unpaired) electrons. The van der Waals surface area contributed by atoms with Crippen molar-refractivity contribution in [3.05, 3.63) is 24.0 Å². The van der Waals surface area contributed by atoms with Gasteiger partial charge in [-0.3, -0.25) is 9.52 Å². The van der Waals surface area contributed by atoms with Crippen LogP contribution in [-0.2, 0) is 24.8 Å². The van der Waals surface area contributed by atoms with Gasteiger partial charge in [0.05, 0.1) is 11.4 Å². The predicted molar refractivity (Wildman–Crippen MR) is 90.7 cm³/mol. The third-order valence-corrected chi connectivity index (χ3v) is 6.15. The lowest BCUT2D eigenvalue weighted by atomic mass is 10.1. The minimum Gasteiger partial charge on any atom is -0.480 e. The van der Waals surface area contributed by atoms with Crippen LogP contribution in [0.1, 0.15) is 27.2 Å². The number of carboxylic acid groups (broad SMARTS) is 1. The van der Waals surface area contributed by atoms with Crippen molar-refractivity contribution in [2.45, 2.75) is 38.1 Å². The number of benzene rings is 1. The van der Waals surface area contributed by atoms with Crippen LogP contribution in [0.15, 0.2) is 23.1 Å². The predicted octanol–water partition coefficient (Wildman–Crippen LogP) is 1.36. The van der Waals surface area contributed by atoms with E-state index in [4.69, 9.17) is 5.11 Å². The molecule has 0 aliphatic heterocycles. The number of anilines is 1. The van der Waals surface area contributed by atoms with E-state index in [-0.39, 0.29) is 11.4 Å². The van der Waals surface area contributed by atoms with Gasteiger partial charge in [-0.05, 0) is 30.5 Å². The van der Waals surface area contributed by atoms with Crippen LogP contribution in [0.3, 0.4) is 0 Å². The number of carboxylic acids is 1. The molecule has 0 heterocycles. The van der Waals surface area contributed by atoms with Crippen molar-refractivity contribution < 1.29 is 31.1 Å². The summed E-state index contributed by atoms with van der Waals surface area (Å²) in [6, 6.07) is 1.27. The summed E-state index contributed by atoms with van der Waals surface area (Å²) in [6.07, 6.45) is 0.361. The van der Waals surface area contributed by atoms with E-state index in [9.17, 15) is 26.0 Å². The largest absolute Gasteiger partial charge is 0.480 e. The van der Waals surface area contributed by atoms with Gasteiger partial charge in [-0.1, -0.05) is 20.8 Å². The molecule has 8 nitrogen and oxygen atoms in total. The minimum atomic E-state index is -4.43. The number of sulfonamides is 2. The molecule has 0 fully saturated rings. The molecule has 0 bridgehead atoms. The normalized spacial score (nSPS) is 13.6. The van der Waals surface area contributed by atoms with Gasteiger partial charge in [0, 0.05) is 0 Å². The van der Waals surface area contributed by atoms with E-state index in [0.717, 1.165) is 18.2 Å². The van der Waals surface area contributed by atoms with Gasteiger partial charge in [0.15, 0.2) is 0 Å². The van der Waals surface area contributed by atoms with E-state index >= 15 is 0 Å². The van der Waals surface area contributed by atoms with E-state index in [0.29, 0.717) is 6.42 Å². The summed E-state index contributed by atoms with van der Waals surface area (Å²) in [4.78, 5) is 10.3. The van der Waals surface area contributed by atoms with E-state index < -0.39 is 48.7 Å². The Morgan fingerprint density at radius 1 is 1.24 bits per heavy atom. The Morgan fingerprint density at radius 2 is 1.84 bits per heavy atom. The molecular weight excluding hydrogens is 375 g/mol. The smallest absolute Gasteiger partial charge is 0.322 e. The first kappa shape index (κ1) is 21.3. The summed E-state index contributed by atoms with van der Waals surface area (Å²) in [5.74, 6) is -3.30. The second-order valence-electron chi connectivity index (χ2n) is 5.75. The number of carbonyl (C=O) groups is 1. The zero-order valence-electron chi connectivity index (χ0n) is 14.0. The number of hydrogen-bond acceptors (Lipinski definition) is 5. The molecule has 0 saturated carbocycles. The number of halogens is 1. The van der Waals surface area contributed by atoms with Gasteiger partial charge in [0.2, 0.25) is 20.0 Å². The average molecular weight is 396 g/mol. The highest BCUT2D eigenvalue weighted by Crippen LogP contribution is 2.21. The monoisotopic (exact) mass is 396 g/mol. The number of rotatable bonds is 9. The topological polar surface area (TPSA) is 130 Å². The molecule has 0 spiro atoms. The summed E-state index contributed by atoms with van der Waals surface area (Å²) >= 11 is 0. The first-order chi connectivity index (χ1) is 11.4. The molecule has 1 atom stereocenters. The maximum atomic E-state index is 14.2. The fourth-order valence-electron chi connectivity index (χ4n) is 1.98. The molecule has 0 aromatic heterocycles. The van der Waals surface area contributed by atoms with Crippen LogP contribution in [0.25, 0.3) is 0 Å². The average Bonchev–Trinajstić information content (AvgIpc) is 2.43. The third-order valence-electron chi connectivity index (χ3n) is 3.18. The Bertz CT molecular complexity index is 837. The second kappa shape index (κ2) is 8.11. The van der Waals surface area contributed by atoms with Gasteiger partial charge in [-0.2, -0.15) is 4.72 Å². The number of aliphatic carboxylic acids is 1. The van der Waals surface area contributed by atoms with Crippen molar-refractivity contribution in [3.63, 3.8) is 0 Å². The van der Waals surface area contributed by atoms with E-state index in [1.807, 2.05) is 4.72 Å². The Morgan fingerprint density at radius 3 is 2.28 bits per heavy atom. The molecule has 0 saturated heterocycles. The SMILES string of the molecule is CCCS(=O)(=O)Nc1ccc(S(=O)(=O)N[C@H](C(=O)O)C(C)C)c(F)c1. The van der Waals surface area contributed by atoms with Crippen molar-refractivity contribution >= 4 is 31.7 Å². The van der Waals surface area contributed by atoms with Gasteiger partial charge in [-0.25, -0.2) is 21.2 Å². The quantitative estimate of drug-likeness (QED) is 0.578. The Kier molecular flexibility index (Phi) is 6.91. The molecular formula is C14H21FN2O6S2. The standard InChI is InChI=1S/C14H21FN2O6S2/c1-4-7-24(20,21)16-10-5-6-12(11(15)8-10)25(22,23)17-13(9(2)3)14(18)19/h5-6,8-9,13,16-17H,4,7H2,1-3H3,(H,18,19)/t13-/m0/s1. The first-order valence-corrected chi connectivity index (χ1v) is 10.6. The van der Waals surface area contributed by atoms with Gasteiger partial charge in [0.1, 0.15) is 16.8 Å². The fraction of sp³-hybridized carbons (Fsp3) is 0.500. The zero-order chi connectivity index (χ0) is 19.4. The lowest BCUT2D eigenvalue weighted by Crippen LogP contribution is -2.44. The van der Waals surface area contributed by atoms with Gasteiger partial charge >= 0.3 is 5.97 Å². The molecule has 0 amide bonds. The third kappa shape index (κ3) is 5.94. The molecule has 142 valence electrons. The number of nitrogens with one attached hydrogen (secondary N) is 2. The highest BCUT2D eigenvalue weighted by atomic mass is 32.2.